The molecule has 1 saturated heterocycles. The van der Waals surface area contributed by atoms with Crippen LogP contribution in [-0.2, 0) is 0 Å². The van der Waals surface area contributed by atoms with Crippen molar-refractivity contribution in [2.45, 2.75) is 25.7 Å². The number of piperidine rings is 1. The van der Waals surface area contributed by atoms with Crippen molar-refractivity contribution in [2.24, 2.45) is 11.7 Å². The first-order valence-corrected chi connectivity index (χ1v) is 7.77. The molecule has 0 amide bonds. The van der Waals surface area contributed by atoms with E-state index in [0.29, 0.717) is 17.5 Å². The van der Waals surface area contributed by atoms with Crippen LogP contribution in [0.2, 0.25) is 5.02 Å². The van der Waals surface area contributed by atoms with Gasteiger partial charge in [0.15, 0.2) is 0 Å². The van der Waals surface area contributed by atoms with Crippen molar-refractivity contribution in [1.82, 2.24) is 4.90 Å². The number of nitrogens with zero attached hydrogens (tertiary/aromatic N) is 1. The van der Waals surface area contributed by atoms with Gasteiger partial charge < -0.3 is 15.4 Å². The molecule has 20 heavy (non-hydrogen) atoms. The molecule has 1 aliphatic rings. The fourth-order valence-corrected chi connectivity index (χ4v) is 3.08. The smallest absolute Gasteiger partial charge is 0.137 e. The molecule has 0 radical (unpaired) electrons. The van der Waals surface area contributed by atoms with Crippen LogP contribution < -0.4 is 10.5 Å². The predicted octanol–water partition coefficient (Wildman–Crippen LogP) is 3.12. The molecule has 0 aliphatic carbocycles. The minimum absolute atomic E-state index is 0.340. The molecule has 1 unspecified atom stereocenters. The van der Waals surface area contributed by atoms with Gasteiger partial charge in [-0.15, -0.1) is 0 Å². The Bertz CT molecular complexity index is 430. The van der Waals surface area contributed by atoms with Gasteiger partial charge in [-0.3, -0.25) is 0 Å². The highest BCUT2D eigenvalue weighted by Gasteiger charge is 2.20. The molecular weight excluding hydrogens is 272 g/mol. The van der Waals surface area contributed by atoms with Crippen LogP contribution >= 0.6 is 11.6 Å². The number of ether oxygens (including phenoxy) is 1. The highest BCUT2D eigenvalue weighted by atomic mass is 35.5. The largest absolute Gasteiger partial charge is 0.495 e. The molecule has 0 saturated carbocycles. The summed E-state index contributed by atoms with van der Waals surface area (Å²) >= 11 is 6.21. The van der Waals surface area contributed by atoms with Gasteiger partial charge in [0.05, 0.1) is 12.1 Å². The van der Waals surface area contributed by atoms with Crippen LogP contribution in [0.25, 0.3) is 0 Å². The molecule has 1 fully saturated rings. The van der Waals surface area contributed by atoms with Crippen LogP contribution in [0.15, 0.2) is 18.2 Å². The van der Waals surface area contributed by atoms with Crippen molar-refractivity contribution in [2.75, 3.05) is 33.3 Å². The van der Waals surface area contributed by atoms with E-state index in [0.717, 1.165) is 18.2 Å². The Morgan fingerprint density at radius 1 is 1.40 bits per heavy atom. The van der Waals surface area contributed by atoms with Gasteiger partial charge in [0.25, 0.3) is 0 Å². The summed E-state index contributed by atoms with van der Waals surface area (Å²) in [6.45, 7) is 6.37. The fourth-order valence-electron chi connectivity index (χ4n) is 2.81. The molecule has 1 heterocycles. The van der Waals surface area contributed by atoms with Gasteiger partial charge in [0.2, 0.25) is 0 Å². The van der Waals surface area contributed by atoms with Gasteiger partial charge in [-0.05, 0) is 49.5 Å². The molecular formula is C16H25ClN2O. The Balaban J connectivity index is 2.02. The summed E-state index contributed by atoms with van der Waals surface area (Å²) < 4.78 is 5.20. The van der Waals surface area contributed by atoms with E-state index in [1.54, 1.807) is 7.11 Å². The molecule has 0 aromatic heterocycles. The summed E-state index contributed by atoms with van der Waals surface area (Å²) in [5, 5.41) is 0.663. The lowest BCUT2D eigenvalue weighted by atomic mass is 9.95. The van der Waals surface area contributed by atoms with Crippen molar-refractivity contribution in [3.63, 3.8) is 0 Å². The third kappa shape index (κ3) is 3.87. The Morgan fingerprint density at radius 3 is 2.65 bits per heavy atom. The lowest BCUT2D eigenvalue weighted by molar-refractivity contribution is 0.183. The van der Waals surface area contributed by atoms with Crippen molar-refractivity contribution in [1.29, 1.82) is 0 Å². The van der Waals surface area contributed by atoms with Crippen molar-refractivity contribution in [3.05, 3.63) is 28.8 Å². The molecule has 4 heteroatoms. The van der Waals surface area contributed by atoms with Crippen molar-refractivity contribution >= 4 is 11.6 Å². The standard InChI is InChI=1S/C16H25ClN2O/c1-12-5-7-19(8-6-12)11-14(10-18)13-3-4-16(20-2)15(17)9-13/h3-4,9,12,14H,5-8,10-11,18H2,1-2H3. The second-order valence-electron chi connectivity index (χ2n) is 5.81. The molecule has 3 nitrogen and oxygen atoms in total. The van der Waals surface area contributed by atoms with Crippen molar-refractivity contribution in [3.8, 4) is 5.75 Å². The average Bonchev–Trinajstić information content (AvgIpc) is 2.46. The van der Waals surface area contributed by atoms with E-state index in [4.69, 9.17) is 22.1 Å². The van der Waals surface area contributed by atoms with E-state index >= 15 is 0 Å². The Morgan fingerprint density at radius 2 is 2.10 bits per heavy atom. The molecule has 2 rings (SSSR count). The molecule has 0 bridgehead atoms. The quantitative estimate of drug-likeness (QED) is 0.907. The molecule has 2 N–H and O–H groups in total. The van der Waals surface area contributed by atoms with E-state index in [2.05, 4.69) is 17.9 Å². The minimum Gasteiger partial charge on any atom is -0.495 e. The zero-order valence-electron chi connectivity index (χ0n) is 12.4. The van der Waals surface area contributed by atoms with E-state index < -0.39 is 0 Å². The zero-order valence-corrected chi connectivity index (χ0v) is 13.2. The molecule has 1 atom stereocenters. The third-order valence-electron chi connectivity index (χ3n) is 4.29. The van der Waals surface area contributed by atoms with Gasteiger partial charge in [-0.25, -0.2) is 0 Å². The molecule has 112 valence electrons. The SMILES string of the molecule is COc1ccc(C(CN)CN2CCC(C)CC2)cc1Cl. The van der Waals surface area contributed by atoms with Gasteiger partial charge in [0, 0.05) is 19.0 Å². The monoisotopic (exact) mass is 296 g/mol. The lowest BCUT2D eigenvalue weighted by Gasteiger charge is -2.33. The fraction of sp³-hybridized carbons (Fsp3) is 0.625. The number of hydrogen-bond acceptors (Lipinski definition) is 3. The van der Waals surface area contributed by atoms with Crippen LogP contribution in [0, 0.1) is 5.92 Å². The van der Waals surface area contributed by atoms with Gasteiger partial charge in [0.1, 0.15) is 5.75 Å². The van der Waals surface area contributed by atoms with Gasteiger partial charge >= 0.3 is 0 Å². The molecule has 1 aromatic rings. The molecule has 0 spiro atoms. The van der Waals surface area contributed by atoms with E-state index in [9.17, 15) is 0 Å². The van der Waals surface area contributed by atoms with Gasteiger partial charge in [-0.1, -0.05) is 24.6 Å². The summed E-state index contributed by atoms with van der Waals surface area (Å²) in [7, 11) is 1.64. The summed E-state index contributed by atoms with van der Waals surface area (Å²) in [4.78, 5) is 2.52. The summed E-state index contributed by atoms with van der Waals surface area (Å²) in [6, 6.07) is 6.00. The first kappa shape index (κ1) is 15.6. The number of benzene rings is 1. The summed E-state index contributed by atoms with van der Waals surface area (Å²) in [5.41, 5.74) is 7.17. The first-order chi connectivity index (χ1) is 9.63. The van der Waals surface area contributed by atoms with Crippen LogP contribution in [0.1, 0.15) is 31.2 Å². The number of nitrogens with two attached hydrogens (primary N) is 1. The number of rotatable bonds is 5. The first-order valence-electron chi connectivity index (χ1n) is 7.40. The van der Waals surface area contributed by atoms with Crippen LogP contribution in [0.5, 0.6) is 5.75 Å². The Kier molecular flexibility index (Phi) is 5.70. The summed E-state index contributed by atoms with van der Waals surface area (Å²) in [5.74, 6) is 1.92. The van der Waals surface area contributed by atoms with Crippen LogP contribution in [0.3, 0.4) is 0 Å². The van der Waals surface area contributed by atoms with Crippen molar-refractivity contribution < 1.29 is 4.74 Å². The van der Waals surface area contributed by atoms with Crippen LogP contribution in [-0.4, -0.2) is 38.2 Å². The van der Waals surface area contributed by atoms with Crippen LogP contribution in [0.4, 0.5) is 0 Å². The normalized spacial score (nSPS) is 19.0. The second-order valence-corrected chi connectivity index (χ2v) is 6.22. The van der Waals surface area contributed by atoms with Gasteiger partial charge in [-0.2, -0.15) is 0 Å². The van der Waals surface area contributed by atoms with E-state index in [1.165, 1.54) is 31.5 Å². The maximum atomic E-state index is 6.21. The number of halogens is 1. The topological polar surface area (TPSA) is 38.5 Å². The lowest BCUT2D eigenvalue weighted by Crippen LogP contribution is -2.37. The molecule has 1 aromatic carbocycles. The number of methoxy groups -OCH3 is 1. The second kappa shape index (κ2) is 7.30. The number of hydrogen-bond donors (Lipinski definition) is 1. The minimum atomic E-state index is 0.340. The zero-order chi connectivity index (χ0) is 14.5. The number of likely N-dealkylation sites (tertiary alicyclic amines) is 1. The Labute approximate surface area is 127 Å². The maximum Gasteiger partial charge on any atom is 0.137 e. The average molecular weight is 297 g/mol. The highest BCUT2D eigenvalue weighted by Crippen LogP contribution is 2.29. The Hall–Kier alpha value is -0.770. The predicted molar refractivity (Wildman–Crippen MR) is 84.6 cm³/mol. The van der Waals surface area contributed by atoms with E-state index in [-0.39, 0.29) is 0 Å². The third-order valence-corrected chi connectivity index (χ3v) is 4.58. The summed E-state index contributed by atoms with van der Waals surface area (Å²) in [6.07, 6.45) is 2.58. The maximum absolute atomic E-state index is 6.21. The highest BCUT2D eigenvalue weighted by molar-refractivity contribution is 6.32. The van der Waals surface area contributed by atoms with E-state index in [1.807, 2.05) is 12.1 Å². The molecule has 1 aliphatic heterocycles.